The fourth-order valence-electron chi connectivity index (χ4n) is 4.10. The second-order valence-corrected chi connectivity index (χ2v) is 7.68. The van der Waals surface area contributed by atoms with Crippen molar-refractivity contribution in [2.24, 2.45) is 10.9 Å². The van der Waals surface area contributed by atoms with Gasteiger partial charge in [0.05, 0.1) is 12.1 Å². The fourth-order valence-corrected chi connectivity index (χ4v) is 4.95. The van der Waals surface area contributed by atoms with Gasteiger partial charge in [-0.3, -0.25) is 9.79 Å². The number of rotatable bonds is 1. The number of nitrogens with one attached hydrogen (secondary N) is 3. The Bertz CT molecular complexity index is 849. The van der Waals surface area contributed by atoms with E-state index in [9.17, 15) is 4.79 Å². The molecule has 2 aromatic rings. The molecule has 2 bridgehead atoms. The highest BCUT2D eigenvalue weighted by Gasteiger charge is 2.49. The van der Waals surface area contributed by atoms with Crippen LogP contribution in [-0.4, -0.2) is 52.5 Å². The summed E-state index contributed by atoms with van der Waals surface area (Å²) in [5.74, 6) is 1.52. The van der Waals surface area contributed by atoms with Crippen molar-refractivity contribution in [1.82, 2.24) is 20.2 Å². The van der Waals surface area contributed by atoms with Crippen molar-refractivity contribution >= 4 is 32.8 Å². The van der Waals surface area contributed by atoms with Gasteiger partial charge in [0, 0.05) is 12.6 Å². The quantitative estimate of drug-likeness (QED) is 0.721. The molecule has 3 fully saturated rings. The van der Waals surface area contributed by atoms with E-state index in [1.807, 2.05) is 0 Å². The van der Waals surface area contributed by atoms with Crippen molar-refractivity contribution in [3.63, 3.8) is 0 Å². The molecule has 1 atom stereocenters. The van der Waals surface area contributed by atoms with Crippen LogP contribution >= 0.6 is 11.3 Å². The molecule has 7 nitrogen and oxygen atoms in total. The number of aromatic nitrogens is 2. The van der Waals surface area contributed by atoms with Crippen LogP contribution in [0.15, 0.2) is 21.9 Å². The van der Waals surface area contributed by atoms with Crippen LogP contribution in [-0.2, 0) is 0 Å². The lowest BCUT2D eigenvalue weighted by Crippen LogP contribution is -2.66. The summed E-state index contributed by atoms with van der Waals surface area (Å²) in [7, 11) is 0. The van der Waals surface area contributed by atoms with E-state index in [0.717, 1.165) is 34.5 Å². The highest BCUT2D eigenvalue weighted by molar-refractivity contribution is 7.21. The molecule has 0 aromatic carbocycles. The number of pyridine rings is 1. The number of piperidine rings is 3. The maximum Gasteiger partial charge on any atom is 0.249 e. The van der Waals surface area contributed by atoms with E-state index in [1.54, 1.807) is 6.07 Å². The Labute approximate surface area is 136 Å². The van der Waals surface area contributed by atoms with Crippen molar-refractivity contribution in [3.8, 4) is 0 Å². The van der Waals surface area contributed by atoms with Gasteiger partial charge < -0.3 is 20.5 Å². The number of guanidine groups is 1. The molecule has 1 unspecified atom stereocenters. The third kappa shape index (κ3) is 2.16. The summed E-state index contributed by atoms with van der Waals surface area (Å²) >= 11 is 1.44. The minimum Gasteiger partial charge on any atom is -0.347 e. The van der Waals surface area contributed by atoms with Crippen LogP contribution in [0.1, 0.15) is 12.8 Å². The second-order valence-electron chi connectivity index (χ2n) is 6.68. The zero-order valence-corrected chi connectivity index (χ0v) is 13.4. The Kier molecular flexibility index (Phi) is 2.81. The highest BCUT2D eigenvalue weighted by Crippen LogP contribution is 2.37. The predicted octanol–water partition coefficient (Wildman–Crippen LogP) is 0.820. The largest absolute Gasteiger partial charge is 0.347 e. The predicted molar refractivity (Wildman–Crippen MR) is 91.2 cm³/mol. The molecule has 120 valence electrons. The van der Waals surface area contributed by atoms with Crippen LogP contribution in [0.4, 0.5) is 5.13 Å². The number of hydrogen-bond donors (Lipinski definition) is 3. The summed E-state index contributed by atoms with van der Waals surface area (Å²) in [4.78, 5) is 26.7. The first kappa shape index (κ1) is 13.5. The van der Waals surface area contributed by atoms with Gasteiger partial charge >= 0.3 is 0 Å². The van der Waals surface area contributed by atoms with Gasteiger partial charge in [-0.25, -0.2) is 4.98 Å². The molecule has 4 aliphatic rings. The van der Waals surface area contributed by atoms with Gasteiger partial charge in [-0.15, -0.1) is 0 Å². The first-order valence-corrected chi connectivity index (χ1v) is 8.84. The number of H-pyrrole nitrogens is 1. The molecule has 2 aromatic heterocycles. The standard InChI is InChI=1S/C15H18N6OS/c22-11-2-1-10-12(18-11)23-14(17-10)19-13-16-7-15(20-13)8-21-5-3-9(15)4-6-21/h1-2,9H,3-8H2,(H,18,22)(H2,16,17,19,20). The lowest BCUT2D eigenvalue weighted by molar-refractivity contribution is 0.0270. The molecule has 0 saturated carbocycles. The summed E-state index contributed by atoms with van der Waals surface area (Å²) in [6.45, 7) is 4.36. The fraction of sp³-hybridized carbons (Fsp3) is 0.533. The summed E-state index contributed by atoms with van der Waals surface area (Å²) in [6, 6.07) is 3.24. The third-order valence-corrected chi connectivity index (χ3v) is 6.17. The Morgan fingerprint density at radius 3 is 3.00 bits per heavy atom. The average molecular weight is 330 g/mol. The van der Waals surface area contributed by atoms with Crippen molar-refractivity contribution < 1.29 is 0 Å². The lowest BCUT2D eigenvalue weighted by atomic mass is 9.73. The lowest BCUT2D eigenvalue weighted by Gasteiger charge is -2.51. The molecular weight excluding hydrogens is 312 g/mol. The molecule has 6 rings (SSSR count). The van der Waals surface area contributed by atoms with Gasteiger partial charge in [0.25, 0.3) is 0 Å². The van der Waals surface area contributed by atoms with Gasteiger partial charge in [0.1, 0.15) is 10.3 Å². The second kappa shape index (κ2) is 4.78. The van der Waals surface area contributed by atoms with E-state index >= 15 is 0 Å². The molecule has 4 aliphatic heterocycles. The zero-order valence-electron chi connectivity index (χ0n) is 12.6. The van der Waals surface area contributed by atoms with Crippen LogP contribution in [0.3, 0.4) is 0 Å². The molecule has 23 heavy (non-hydrogen) atoms. The van der Waals surface area contributed by atoms with E-state index in [4.69, 9.17) is 0 Å². The van der Waals surface area contributed by atoms with Crippen LogP contribution in [0.25, 0.3) is 10.3 Å². The van der Waals surface area contributed by atoms with Crippen molar-refractivity contribution in [1.29, 1.82) is 0 Å². The molecule has 0 aliphatic carbocycles. The first-order valence-electron chi connectivity index (χ1n) is 8.02. The van der Waals surface area contributed by atoms with E-state index in [0.29, 0.717) is 5.92 Å². The number of fused-ring (bicyclic) bond motifs is 3. The highest BCUT2D eigenvalue weighted by atomic mass is 32.1. The summed E-state index contributed by atoms with van der Waals surface area (Å²) in [5, 5.41) is 7.68. The number of nitrogens with zero attached hydrogens (tertiary/aromatic N) is 3. The number of aromatic amines is 1. The van der Waals surface area contributed by atoms with Crippen LogP contribution in [0.2, 0.25) is 0 Å². The summed E-state index contributed by atoms with van der Waals surface area (Å²) in [6.07, 6.45) is 2.52. The van der Waals surface area contributed by atoms with E-state index in [1.165, 1.54) is 43.3 Å². The van der Waals surface area contributed by atoms with Crippen LogP contribution in [0, 0.1) is 5.92 Å². The van der Waals surface area contributed by atoms with Crippen LogP contribution < -0.4 is 16.2 Å². The Hall–Kier alpha value is -1.93. The minimum atomic E-state index is -0.102. The normalized spacial score (nSPS) is 32.3. The van der Waals surface area contributed by atoms with E-state index in [-0.39, 0.29) is 11.1 Å². The number of anilines is 1. The molecule has 6 heterocycles. The van der Waals surface area contributed by atoms with Crippen LogP contribution in [0.5, 0.6) is 0 Å². The number of thiazole rings is 1. The molecule has 3 N–H and O–H groups in total. The molecule has 0 amide bonds. The van der Waals surface area contributed by atoms with Gasteiger partial charge in [-0.05, 0) is 37.9 Å². The van der Waals surface area contributed by atoms with Crippen molar-refractivity contribution in [2.45, 2.75) is 18.4 Å². The number of hydrogen-bond acceptors (Lipinski definition) is 7. The van der Waals surface area contributed by atoms with Gasteiger partial charge in [-0.2, -0.15) is 0 Å². The Morgan fingerprint density at radius 1 is 1.35 bits per heavy atom. The van der Waals surface area contributed by atoms with Crippen molar-refractivity contribution in [2.75, 3.05) is 31.5 Å². The van der Waals surface area contributed by atoms with E-state index < -0.39 is 0 Å². The van der Waals surface area contributed by atoms with Gasteiger partial charge in [0.2, 0.25) is 5.56 Å². The average Bonchev–Trinajstić information content (AvgIpc) is 3.12. The molecule has 3 saturated heterocycles. The number of aliphatic imine (C=N–C) groups is 1. The zero-order chi connectivity index (χ0) is 15.4. The first-order chi connectivity index (χ1) is 11.2. The molecular formula is C15H18N6OS. The SMILES string of the molecule is O=c1ccc2nc(NC3=NCC4(CN5CCC4CC5)N3)sc2[nH]1. The van der Waals surface area contributed by atoms with Gasteiger partial charge in [0.15, 0.2) is 11.1 Å². The maximum atomic E-state index is 11.4. The summed E-state index contributed by atoms with van der Waals surface area (Å²) < 4.78 is 0. The topological polar surface area (TPSA) is 85.4 Å². The Balaban J connectivity index is 1.36. The monoisotopic (exact) mass is 330 g/mol. The van der Waals surface area contributed by atoms with E-state index in [2.05, 4.69) is 30.5 Å². The molecule has 8 heteroatoms. The van der Waals surface area contributed by atoms with Gasteiger partial charge in [-0.1, -0.05) is 11.3 Å². The smallest absolute Gasteiger partial charge is 0.249 e. The van der Waals surface area contributed by atoms with Crippen molar-refractivity contribution in [3.05, 3.63) is 22.5 Å². The summed E-state index contributed by atoms with van der Waals surface area (Å²) in [5.41, 5.74) is 0.799. The minimum absolute atomic E-state index is 0.101. The molecule has 0 radical (unpaired) electrons. The molecule has 1 spiro atoms. The Morgan fingerprint density at radius 2 is 2.22 bits per heavy atom. The maximum absolute atomic E-state index is 11.4. The third-order valence-electron chi connectivity index (χ3n) is 5.27.